The number of rotatable bonds is 5. The van der Waals surface area contributed by atoms with Crippen LogP contribution in [0.1, 0.15) is 85.3 Å². The quantitative estimate of drug-likeness (QED) is 0.382. The smallest absolute Gasteiger partial charge is 0.163 e. The topological polar surface area (TPSA) is 17.1 Å². The van der Waals surface area contributed by atoms with Crippen LogP contribution in [0.5, 0.6) is 0 Å². The van der Waals surface area contributed by atoms with Crippen molar-refractivity contribution in [2.24, 2.45) is 5.92 Å². The van der Waals surface area contributed by atoms with Crippen molar-refractivity contribution in [3.05, 3.63) is 119 Å². The summed E-state index contributed by atoms with van der Waals surface area (Å²) in [7, 11) is 0. The van der Waals surface area contributed by atoms with E-state index in [-0.39, 0.29) is 19.1 Å². The maximum atomic E-state index is 12.8. The number of hydrogen-bond donors (Lipinski definition) is 0. The molecule has 174 valence electrons. The second kappa shape index (κ2) is 10.4. The van der Waals surface area contributed by atoms with Crippen LogP contribution in [0.15, 0.2) is 85.5 Å². The fourth-order valence-corrected chi connectivity index (χ4v) is 5.43. The van der Waals surface area contributed by atoms with Gasteiger partial charge < -0.3 is 0 Å². The van der Waals surface area contributed by atoms with Gasteiger partial charge in [-0.05, 0) is 82.2 Å². The van der Waals surface area contributed by atoms with Crippen LogP contribution in [-0.2, 0) is 11.2 Å². The van der Waals surface area contributed by atoms with Crippen molar-refractivity contribution in [3.63, 3.8) is 0 Å². The van der Waals surface area contributed by atoms with Crippen molar-refractivity contribution in [2.45, 2.75) is 58.3 Å². The molecule has 0 heterocycles. The van der Waals surface area contributed by atoms with Gasteiger partial charge in [-0.3, -0.25) is 4.79 Å². The Hall–Kier alpha value is -3.19. The Kier molecular flexibility index (Phi) is 7.32. The third kappa shape index (κ3) is 4.99. The number of ketones is 1. The highest BCUT2D eigenvalue weighted by Crippen LogP contribution is 2.37. The lowest BCUT2D eigenvalue weighted by Gasteiger charge is -2.26. The molecule has 0 aliphatic heterocycles. The van der Waals surface area contributed by atoms with E-state index in [2.05, 4.69) is 68.1 Å². The number of carbonyl (C=O) groups excluding carboxylic acids is 1. The van der Waals surface area contributed by atoms with Gasteiger partial charge in [-0.15, -0.1) is 0 Å². The van der Waals surface area contributed by atoms with Crippen molar-refractivity contribution in [2.75, 3.05) is 0 Å². The first-order chi connectivity index (χ1) is 16.1. The highest BCUT2D eigenvalue weighted by molar-refractivity contribution is 6.02. The minimum Gasteiger partial charge on any atom is -0.294 e. The fourth-order valence-electron chi connectivity index (χ4n) is 5.43. The summed E-state index contributed by atoms with van der Waals surface area (Å²) in [6, 6.07) is 25.8. The predicted octanol–water partition coefficient (Wildman–Crippen LogP) is 8.60. The van der Waals surface area contributed by atoms with Crippen molar-refractivity contribution in [1.82, 2.24) is 0 Å². The van der Waals surface area contributed by atoms with E-state index >= 15 is 0 Å². The summed E-state index contributed by atoms with van der Waals surface area (Å²) in [6.45, 7) is 6.79. The Morgan fingerprint density at radius 1 is 0.853 bits per heavy atom. The van der Waals surface area contributed by atoms with Gasteiger partial charge in [0.05, 0.1) is 5.92 Å². The molecule has 1 unspecified atom stereocenters. The van der Waals surface area contributed by atoms with Crippen LogP contribution in [0.2, 0.25) is 0 Å². The summed E-state index contributed by atoms with van der Waals surface area (Å²) in [4.78, 5) is 12.8. The summed E-state index contributed by atoms with van der Waals surface area (Å²) in [5.74, 6) is 1.61. The molecule has 0 amide bonds. The molecule has 3 aromatic carbocycles. The van der Waals surface area contributed by atoms with Crippen molar-refractivity contribution in [3.8, 4) is 0 Å². The first-order valence-electron chi connectivity index (χ1n) is 12.3. The van der Waals surface area contributed by atoms with Gasteiger partial charge in [0.15, 0.2) is 5.78 Å². The Morgan fingerprint density at radius 2 is 1.53 bits per heavy atom. The minimum atomic E-state index is -0.142. The van der Waals surface area contributed by atoms with E-state index in [1.165, 1.54) is 36.8 Å². The lowest BCUT2D eigenvalue weighted by atomic mass is 9.79. The molecule has 0 N–H and O–H groups in total. The molecule has 0 saturated heterocycles. The van der Waals surface area contributed by atoms with E-state index in [1.807, 2.05) is 24.3 Å². The summed E-state index contributed by atoms with van der Waals surface area (Å²) in [5.41, 5.74) is 8.15. The van der Waals surface area contributed by atoms with E-state index < -0.39 is 0 Å². The van der Waals surface area contributed by atoms with Crippen molar-refractivity contribution >= 4 is 17.4 Å². The van der Waals surface area contributed by atoms with Gasteiger partial charge in [0.1, 0.15) is 0 Å². The van der Waals surface area contributed by atoms with E-state index in [1.54, 1.807) is 6.08 Å². The largest absolute Gasteiger partial charge is 0.294 e. The Morgan fingerprint density at radius 3 is 2.24 bits per heavy atom. The molecule has 34 heavy (non-hydrogen) atoms. The zero-order chi connectivity index (χ0) is 22.8. The third-order valence-corrected chi connectivity index (χ3v) is 7.61. The molecule has 1 heteroatoms. The molecule has 5 rings (SSSR count). The van der Waals surface area contributed by atoms with Gasteiger partial charge in [-0.2, -0.15) is 0 Å². The molecule has 2 aliphatic rings. The van der Waals surface area contributed by atoms with Gasteiger partial charge in [-0.25, -0.2) is 0 Å². The first-order valence-corrected chi connectivity index (χ1v) is 12.3. The van der Waals surface area contributed by atoms with Gasteiger partial charge in [0.2, 0.25) is 0 Å². The zero-order valence-electron chi connectivity index (χ0n) is 19.5. The second-order valence-electron chi connectivity index (χ2n) is 9.88. The van der Waals surface area contributed by atoms with Crippen LogP contribution in [0.3, 0.4) is 0 Å². The van der Waals surface area contributed by atoms with Gasteiger partial charge in [-0.1, -0.05) is 107 Å². The normalized spacial score (nSPS) is 21.4. The van der Waals surface area contributed by atoms with Crippen LogP contribution < -0.4 is 0 Å². The lowest BCUT2D eigenvalue weighted by molar-refractivity contribution is -0.116. The van der Waals surface area contributed by atoms with Crippen LogP contribution in [-0.4, -0.2) is 5.78 Å². The van der Waals surface area contributed by atoms with Crippen molar-refractivity contribution < 1.29 is 4.79 Å². The Bertz CT molecular complexity index is 1170. The van der Waals surface area contributed by atoms with E-state index in [0.29, 0.717) is 5.92 Å². The maximum Gasteiger partial charge on any atom is 0.163 e. The summed E-state index contributed by atoms with van der Waals surface area (Å²) in [6.07, 6.45) is 9.69. The highest BCUT2D eigenvalue weighted by Gasteiger charge is 2.25. The van der Waals surface area contributed by atoms with Gasteiger partial charge >= 0.3 is 0 Å². The number of carbonyl (C=O) groups is 1. The van der Waals surface area contributed by atoms with E-state index in [4.69, 9.17) is 0 Å². The maximum absolute atomic E-state index is 12.8. The molecule has 2 aliphatic carbocycles. The molecule has 1 nitrogen and oxygen atoms in total. The number of fused-ring (bicyclic) bond motifs is 1. The van der Waals surface area contributed by atoms with Gasteiger partial charge in [0, 0.05) is 0 Å². The molecule has 0 radical (unpaired) electrons. The average molecular weight is 449 g/mol. The number of allylic oxidation sites excluding steroid dienone is 1. The van der Waals surface area contributed by atoms with Crippen LogP contribution in [0.25, 0.3) is 11.6 Å². The molecule has 0 aromatic heterocycles. The van der Waals surface area contributed by atoms with Crippen LogP contribution in [0.4, 0.5) is 0 Å². The summed E-state index contributed by atoms with van der Waals surface area (Å²) in [5, 5.41) is 0. The molecule has 1 fully saturated rings. The Labute approximate surface area is 205 Å². The first kappa shape index (κ1) is 24.0. The molecule has 1 atom stereocenters. The predicted molar refractivity (Wildman–Crippen MR) is 145 cm³/mol. The second-order valence-corrected chi connectivity index (χ2v) is 9.88. The molecule has 3 aromatic rings. The van der Waals surface area contributed by atoms with E-state index in [0.717, 1.165) is 40.2 Å². The third-order valence-electron chi connectivity index (χ3n) is 7.61. The highest BCUT2D eigenvalue weighted by atomic mass is 16.1. The summed E-state index contributed by atoms with van der Waals surface area (Å²) >= 11 is 0. The number of benzene rings is 3. The molecule has 1 saturated carbocycles. The number of hydrogen-bond acceptors (Lipinski definition) is 1. The SMILES string of the molecule is C.C=C(c1ccc(C2CCC(C)CC2)cc1)c1ccc2c(c1)C(Cc1ccccc1)C(=O)C=C2. The van der Waals surface area contributed by atoms with Gasteiger partial charge in [0.25, 0.3) is 0 Å². The molecule has 0 spiro atoms. The minimum absolute atomic E-state index is 0. The monoisotopic (exact) mass is 448 g/mol. The molecular weight excluding hydrogens is 412 g/mol. The molecular formula is C33H36O. The standard InChI is InChI=1S/C32H32O.CH4/c1-22-8-10-26(11-9-22)27-14-12-25(13-15-27)23(2)29-17-16-28-18-19-32(33)31(30(28)21-29)20-24-6-4-3-5-7-24;/h3-7,12-19,21-22,26,31H,2,8-11,20H2,1H3;1H4. The fraction of sp³-hybridized carbons (Fsp3) is 0.303. The van der Waals surface area contributed by atoms with Crippen LogP contribution in [0, 0.1) is 5.92 Å². The zero-order valence-corrected chi connectivity index (χ0v) is 19.5. The average Bonchev–Trinajstić information content (AvgIpc) is 2.86. The van der Waals surface area contributed by atoms with Crippen molar-refractivity contribution in [1.29, 1.82) is 0 Å². The summed E-state index contributed by atoms with van der Waals surface area (Å²) < 4.78 is 0. The lowest BCUT2D eigenvalue weighted by Crippen LogP contribution is -2.17. The Balaban J connectivity index is 0.00000274. The van der Waals surface area contributed by atoms with E-state index in [9.17, 15) is 4.79 Å². The molecule has 0 bridgehead atoms. The van der Waals surface area contributed by atoms with Crippen LogP contribution >= 0.6 is 0 Å².